The number of esters is 1. The number of benzene rings is 2. The molecule has 7 heteroatoms. The van der Waals surface area contributed by atoms with Crippen LogP contribution < -0.4 is 0 Å². The number of amides is 1. The van der Waals surface area contributed by atoms with E-state index in [2.05, 4.69) is 0 Å². The number of carbonyl (C=O) groups is 2. The summed E-state index contributed by atoms with van der Waals surface area (Å²) in [6.45, 7) is 9.40. The summed E-state index contributed by atoms with van der Waals surface area (Å²) < 4.78 is 5.54. The van der Waals surface area contributed by atoms with Crippen LogP contribution in [-0.2, 0) is 20.9 Å². The van der Waals surface area contributed by atoms with Crippen molar-refractivity contribution in [1.82, 2.24) is 4.90 Å². The average molecular weight is 437 g/mol. The lowest BCUT2D eigenvalue weighted by molar-refractivity contribution is -0.384. The van der Waals surface area contributed by atoms with Gasteiger partial charge in [0.2, 0.25) is 5.91 Å². The van der Waals surface area contributed by atoms with Gasteiger partial charge in [0.1, 0.15) is 0 Å². The second-order valence-corrected chi connectivity index (χ2v) is 8.48. The van der Waals surface area contributed by atoms with Crippen molar-refractivity contribution in [2.24, 2.45) is 0 Å². The molecule has 2 aromatic rings. The van der Waals surface area contributed by atoms with Crippen LogP contribution in [0.4, 0.5) is 5.69 Å². The van der Waals surface area contributed by atoms with E-state index in [1.165, 1.54) is 17.0 Å². The molecule has 32 heavy (non-hydrogen) atoms. The Kier molecular flexibility index (Phi) is 6.77. The van der Waals surface area contributed by atoms with Gasteiger partial charge in [-0.05, 0) is 51.3 Å². The van der Waals surface area contributed by atoms with Crippen LogP contribution in [0, 0.1) is 24.0 Å². The number of nitro groups is 1. The molecular formula is C25H28N2O5. The average Bonchev–Trinajstić information content (AvgIpc) is 2.72. The van der Waals surface area contributed by atoms with Gasteiger partial charge in [-0.25, -0.2) is 4.79 Å². The van der Waals surface area contributed by atoms with Gasteiger partial charge in [-0.3, -0.25) is 14.9 Å². The van der Waals surface area contributed by atoms with Gasteiger partial charge in [-0.15, -0.1) is 0 Å². The summed E-state index contributed by atoms with van der Waals surface area (Å²) in [5.74, 6) is -0.990. The van der Waals surface area contributed by atoms with Crippen LogP contribution >= 0.6 is 0 Å². The first-order chi connectivity index (χ1) is 15.1. The van der Waals surface area contributed by atoms with E-state index in [9.17, 15) is 19.7 Å². The monoisotopic (exact) mass is 436 g/mol. The molecule has 0 aliphatic carbocycles. The van der Waals surface area contributed by atoms with Crippen molar-refractivity contribution in [2.75, 3.05) is 0 Å². The van der Waals surface area contributed by atoms with E-state index in [0.717, 1.165) is 16.7 Å². The molecule has 1 unspecified atom stereocenters. The Morgan fingerprint density at radius 3 is 2.56 bits per heavy atom. The van der Waals surface area contributed by atoms with E-state index in [0.29, 0.717) is 16.8 Å². The molecular weight excluding hydrogens is 408 g/mol. The summed E-state index contributed by atoms with van der Waals surface area (Å²) in [6, 6.07) is 12.2. The first-order valence-corrected chi connectivity index (χ1v) is 10.6. The van der Waals surface area contributed by atoms with Crippen LogP contribution in [0.1, 0.15) is 55.4 Å². The number of ether oxygens (including phenoxy) is 1. The Morgan fingerprint density at radius 2 is 1.91 bits per heavy atom. The van der Waals surface area contributed by atoms with Gasteiger partial charge in [-0.2, -0.15) is 0 Å². The van der Waals surface area contributed by atoms with Crippen molar-refractivity contribution >= 4 is 17.6 Å². The van der Waals surface area contributed by atoms with Gasteiger partial charge in [0, 0.05) is 30.2 Å². The van der Waals surface area contributed by atoms with Crippen LogP contribution in [0.5, 0.6) is 0 Å². The molecule has 0 saturated heterocycles. The van der Waals surface area contributed by atoms with Crippen LogP contribution in [0.15, 0.2) is 53.7 Å². The third-order valence-electron chi connectivity index (χ3n) is 5.66. The Balaban J connectivity index is 2.08. The Morgan fingerprint density at radius 1 is 1.19 bits per heavy atom. The lowest BCUT2D eigenvalue weighted by atomic mass is 9.81. The number of carbonyl (C=O) groups excluding carboxylic acids is 2. The molecule has 0 saturated carbocycles. The molecule has 7 nitrogen and oxygen atoms in total. The smallest absolute Gasteiger partial charge is 0.336 e. The number of hydrogen-bond donors (Lipinski definition) is 0. The van der Waals surface area contributed by atoms with Crippen molar-refractivity contribution in [1.29, 1.82) is 0 Å². The minimum atomic E-state index is -0.466. The molecule has 3 rings (SSSR count). The fourth-order valence-electron chi connectivity index (χ4n) is 4.10. The highest BCUT2D eigenvalue weighted by atomic mass is 16.6. The van der Waals surface area contributed by atoms with Crippen LogP contribution in [0.3, 0.4) is 0 Å². The summed E-state index contributed by atoms with van der Waals surface area (Å²) in [4.78, 5) is 38.5. The van der Waals surface area contributed by atoms with Crippen LogP contribution in [-0.4, -0.2) is 27.8 Å². The summed E-state index contributed by atoms with van der Waals surface area (Å²) >= 11 is 0. The van der Waals surface area contributed by atoms with E-state index in [1.807, 2.05) is 32.0 Å². The quantitative estimate of drug-likeness (QED) is 0.363. The fourth-order valence-corrected chi connectivity index (χ4v) is 4.10. The predicted octanol–water partition coefficient (Wildman–Crippen LogP) is 4.95. The van der Waals surface area contributed by atoms with Crippen molar-refractivity contribution in [2.45, 2.75) is 59.6 Å². The van der Waals surface area contributed by atoms with E-state index in [-0.39, 0.29) is 30.7 Å². The standard InChI is InChI=1S/C25H28N2O5/c1-15(2)32-25(29)24-18(5)26(14-19-7-6-8-20(12-19)27(30)31)23(28)13-22(24)21-11-16(3)9-10-17(21)4/h6-12,15,22H,13-14H2,1-5H3. The van der Waals surface area contributed by atoms with E-state index < -0.39 is 16.8 Å². The van der Waals surface area contributed by atoms with Gasteiger partial charge in [0.25, 0.3) is 5.69 Å². The highest BCUT2D eigenvalue weighted by Crippen LogP contribution is 2.39. The summed E-state index contributed by atoms with van der Waals surface area (Å²) in [7, 11) is 0. The maximum Gasteiger partial charge on any atom is 0.336 e. The van der Waals surface area contributed by atoms with Crippen molar-refractivity contribution in [3.8, 4) is 0 Å². The first-order valence-electron chi connectivity index (χ1n) is 10.6. The van der Waals surface area contributed by atoms with E-state index in [1.54, 1.807) is 32.9 Å². The lowest BCUT2D eigenvalue weighted by Gasteiger charge is -2.35. The third kappa shape index (κ3) is 4.88. The van der Waals surface area contributed by atoms with Crippen molar-refractivity contribution in [3.63, 3.8) is 0 Å². The molecule has 0 spiro atoms. The fraction of sp³-hybridized carbons (Fsp3) is 0.360. The summed E-state index contributed by atoms with van der Waals surface area (Å²) in [6.07, 6.45) is -0.177. The largest absolute Gasteiger partial charge is 0.460 e. The van der Waals surface area contributed by atoms with Gasteiger partial charge < -0.3 is 9.64 Å². The van der Waals surface area contributed by atoms with Gasteiger partial charge in [-0.1, -0.05) is 35.9 Å². The Hall–Kier alpha value is -3.48. The SMILES string of the molecule is CC1=C(C(=O)OC(C)C)C(c2cc(C)ccc2C)CC(=O)N1Cc1cccc([N+](=O)[O-])c1. The molecule has 0 bridgehead atoms. The lowest BCUT2D eigenvalue weighted by Crippen LogP contribution is -2.38. The maximum absolute atomic E-state index is 13.2. The number of non-ortho nitro benzene ring substituents is 1. The number of nitrogens with zero attached hydrogens (tertiary/aromatic N) is 2. The Bertz CT molecular complexity index is 1100. The van der Waals surface area contributed by atoms with Gasteiger partial charge >= 0.3 is 5.97 Å². The molecule has 1 aliphatic rings. The molecule has 1 atom stereocenters. The second kappa shape index (κ2) is 9.34. The molecule has 1 heterocycles. The number of aryl methyl sites for hydroxylation is 2. The zero-order valence-electron chi connectivity index (χ0n) is 19.0. The first kappa shape index (κ1) is 23.2. The molecule has 0 radical (unpaired) electrons. The molecule has 0 N–H and O–H groups in total. The zero-order chi connectivity index (χ0) is 23.6. The van der Waals surface area contributed by atoms with Crippen molar-refractivity contribution in [3.05, 3.63) is 86.1 Å². The second-order valence-electron chi connectivity index (χ2n) is 8.48. The normalized spacial score (nSPS) is 16.5. The van der Waals surface area contributed by atoms with Crippen molar-refractivity contribution < 1.29 is 19.2 Å². The van der Waals surface area contributed by atoms with E-state index >= 15 is 0 Å². The highest BCUT2D eigenvalue weighted by Gasteiger charge is 2.37. The van der Waals surface area contributed by atoms with Crippen LogP contribution in [0.25, 0.3) is 0 Å². The minimum absolute atomic E-state index is 0.0405. The minimum Gasteiger partial charge on any atom is -0.460 e. The maximum atomic E-state index is 13.2. The molecule has 0 aromatic heterocycles. The predicted molar refractivity (Wildman–Crippen MR) is 121 cm³/mol. The summed E-state index contributed by atoms with van der Waals surface area (Å²) in [5.41, 5.74) is 4.54. The molecule has 168 valence electrons. The Labute approximate surface area is 187 Å². The summed E-state index contributed by atoms with van der Waals surface area (Å²) in [5, 5.41) is 11.1. The van der Waals surface area contributed by atoms with Gasteiger partial charge in [0.15, 0.2) is 0 Å². The zero-order valence-corrected chi connectivity index (χ0v) is 19.0. The molecule has 2 aromatic carbocycles. The number of hydrogen-bond acceptors (Lipinski definition) is 5. The van der Waals surface area contributed by atoms with Gasteiger partial charge in [0.05, 0.1) is 23.1 Å². The number of allylic oxidation sites excluding steroid dienone is 1. The third-order valence-corrected chi connectivity index (χ3v) is 5.66. The molecule has 1 aliphatic heterocycles. The van der Waals surface area contributed by atoms with E-state index in [4.69, 9.17) is 4.74 Å². The topological polar surface area (TPSA) is 89.8 Å². The molecule has 0 fully saturated rings. The number of rotatable bonds is 6. The highest BCUT2D eigenvalue weighted by molar-refractivity contribution is 5.96. The molecule has 1 amide bonds. The number of nitro benzene ring substituents is 1. The van der Waals surface area contributed by atoms with Crippen LogP contribution in [0.2, 0.25) is 0 Å².